The third-order valence-corrected chi connectivity index (χ3v) is 10.9. The Balaban J connectivity index is 1.53. The summed E-state index contributed by atoms with van der Waals surface area (Å²) >= 11 is 0. The fraction of sp³-hybridized carbons (Fsp3) is 0.231. The van der Waals surface area contributed by atoms with Gasteiger partial charge in [0.15, 0.2) is 0 Å². The Labute approximate surface area is 343 Å². The average molecular weight is 771 g/mol. The van der Waals surface area contributed by atoms with Gasteiger partial charge in [0, 0.05) is 57.6 Å². The SMILES string of the molecule is CCCCn1c2ccc(N(C=C(c3ccc(OC)cc3)c3ccc(OC)cc3)C=C(c3ccc(OC)cc3)c3ccc(OC)cc3)cc2c2cc(C(C)(C)C)ccc21. The summed E-state index contributed by atoms with van der Waals surface area (Å²) in [5.74, 6) is 3.21. The smallest absolute Gasteiger partial charge is 0.118 e. The van der Waals surface area contributed by atoms with Crippen molar-refractivity contribution >= 4 is 38.6 Å². The van der Waals surface area contributed by atoms with Crippen molar-refractivity contribution in [2.75, 3.05) is 33.3 Å². The number of anilines is 1. The lowest BCUT2D eigenvalue weighted by molar-refractivity contribution is 0.414. The summed E-state index contributed by atoms with van der Waals surface area (Å²) in [6.07, 6.45) is 6.73. The number of benzene rings is 6. The van der Waals surface area contributed by atoms with E-state index in [1.54, 1.807) is 28.4 Å². The zero-order valence-electron chi connectivity index (χ0n) is 35.0. The van der Waals surface area contributed by atoms with Crippen molar-refractivity contribution < 1.29 is 18.9 Å². The molecule has 0 aliphatic heterocycles. The second kappa shape index (κ2) is 17.4. The Kier molecular flexibility index (Phi) is 11.9. The number of nitrogens with zero attached hydrogens (tertiary/aromatic N) is 2. The van der Waals surface area contributed by atoms with E-state index in [0.29, 0.717) is 0 Å². The number of aromatic nitrogens is 1. The van der Waals surface area contributed by atoms with E-state index in [1.807, 2.05) is 48.5 Å². The molecule has 6 nitrogen and oxygen atoms in total. The summed E-state index contributed by atoms with van der Waals surface area (Å²) in [5.41, 5.74) is 11.1. The largest absolute Gasteiger partial charge is 0.497 e. The van der Waals surface area contributed by atoms with E-state index in [1.165, 1.54) is 27.4 Å². The van der Waals surface area contributed by atoms with Gasteiger partial charge in [-0.05, 0) is 119 Å². The molecule has 58 heavy (non-hydrogen) atoms. The maximum atomic E-state index is 5.57. The second-order valence-corrected chi connectivity index (χ2v) is 15.6. The number of hydrogen-bond donors (Lipinski definition) is 0. The fourth-order valence-electron chi connectivity index (χ4n) is 7.45. The highest BCUT2D eigenvalue weighted by atomic mass is 16.5. The van der Waals surface area contributed by atoms with Crippen LogP contribution in [0.25, 0.3) is 33.0 Å². The standard InChI is InChI=1S/C52H54N2O4/c1-9-10-31-54-50-29-19-40(52(2,3)4)32-46(50)47-33-41(20-30-51(47)54)53(34-48(36-11-21-42(55-5)22-12-36)37-13-23-43(56-6)24-14-37)35-49(38-15-25-44(57-7)26-16-38)39-17-27-45(58-8)28-18-39/h11-30,32-35H,9-10,31H2,1-8H3. The van der Waals surface area contributed by atoms with Crippen LogP contribution in [0.1, 0.15) is 68.4 Å². The Hall–Kier alpha value is -6.40. The summed E-state index contributed by atoms with van der Waals surface area (Å²) < 4.78 is 24.8. The van der Waals surface area contributed by atoms with E-state index < -0.39 is 0 Å². The summed E-state index contributed by atoms with van der Waals surface area (Å²) in [7, 11) is 6.78. The molecule has 0 aliphatic carbocycles. The molecule has 0 unspecified atom stereocenters. The Morgan fingerprint density at radius 3 is 1.26 bits per heavy atom. The molecule has 0 saturated heterocycles. The fourth-order valence-corrected chi connectivity index (χ4v) is 7.45. The molecular formula is C52H54N2O4. The summed E-state index contributed by atoms with van der Waals surface area (Å²) in [6, 6.07) is 46.9. The Morgan fingerprint density at radius 1 is 0.517 bits per heavy atom. The molecule has 0 radical (unpaired) electrons. The molecule has 0 fully saturated rings. The van der Waals surface area contributed by atoms with E-state index in [9.17, 15) is 0 Å². The number of unbranched alkanes of at least 4 members (excludes halogenated alkanes) is 1. The van der Waals surface area contributed by atoms with E-state index in [-0.39, 0.29) is 5.41 Å². The molecule has 0 amide bonds. The predicted molar refractivity (Wildman–Crippen MR) is 242 cm³/mol. The minimum Gasteiger partial charge on any atom is -0.497 e. The molecule has 296 valence electrons. The number of fused-ring (bicyclic) bond motifs is 3. The van der Waals surface area contributed by atoms with Crippen molar-refractivity contribution in [1.29, 1.82) is 0 Å². The van der Waals surface area contributed by atoms with Crippen LogP contribution < -0.4 is 23.8 Å². The zero-order valence-corrected chi connectivity index (χ0v) is 35.0. The van der Waals surface area contributed by atoms with E-state index >= 15 is 0 Å². The van der Waals surface area contributed by atoms with Gasteiger partial charge in [-0.1, -0.05) is 88.7 Å². The second-order valence-electron chi connectivity index (χ2n) is 15.6. The van der Waals surface area contributed by atoms with Crippen LogP contribution in [0.2, 0.25) is 0 Å². The lowest BCUT2D eigenvalue weighted by Crippen LogP contribution is -2.11. The first kappa shape index (κ1) is 39.8. The molecule has 0 spiro atoms. The molecule has 0 saturated carbocycles. The topological polar surface area (TPSA) is 45.1 Å². The molecule has 7 rings (SSSR count). The van der Waals surface area contributed by atoms with Gasteiger partial charge < -0.3 is 28.4 Å². The molecule has 0 N–H and O–H groups in total. The lowest BCUT2D eigenvalue weighted by atomic mass is 9.86. The predicted octanol–water partition coefficient (Wildman–Crippen LogP) is 12.9. The molecule has 1 aromatic heterocycles. The van der Waals surface area contributed by atoms with Gasteiger partial charge >= 0.3 is 0 Å². The maximum Gasteiger partial charge on any atom is 0.118 e. The first-order chi connectivity index (χ1) is 28.1. The summed E-state index contributed by atoms with van der Waals surface area (Å²) in [4.78, 5) is 2.27. The molecule has 0 aliphatic rings. The number of ether oxygens (including phenoxy) is 4. The van der Waals surface area contributed by atoms with E-state index in [4.69, 9.17) is 18.9 Å². The number of aryl methyl sites for hydroxylation is 1. The van der Waals surface area contributed by atoms with Crippen molar-refractivity contribution in [1.82, 2.24) is 4.57 Å². The van der Waals surface area contributed by atoms with Crippen molar-refractivity contribution in [3.63, 3.8) is 0 Å². The number of hydrogen-bond acceptors (Lipinski definition) is 5. The van der Waals surface area contributed by atoms with Gasteiger partial charge in [0.25, 0.3) is 0 Å². The van der Waals surface area contributed by atoms with Gasteiger partial charge in [0.05, 0.1) is 28.4 Å². The third-order valence-electron chi connectivity index (χ3n) is 10.9. The highest BCUT2D eigenvalue weighted by molar-refractivity contribution is 6.09. The van der Waals surface area contributed by atoms with Gasteiger partial charge in [-0.15, -0.1) is 0 Å². The van der Waals surface area contributed by atoms with Gasteiger partial charge in [0.2, 0.25) is 0 Å². The normalized spacial score (nSPS) is 11.3. The van der Waals surface area contributed by atoms with Crippen LogP contribution in [-0.4, -0.2) is 33.0 Å². The van der Waals surface area contributed by atoms with Crippen LogP contribution in [0.15, 0.2) is 146 Å². The maximum absolute atomic E-state index is 5.57. The van der Waals surface area contributed by atoms with Gasteiger partial charge in [-0.25, -0.2) is 0 Å². The molecule has 6 heteroatoms. The first-order valence-electron chi connectivity index (χ1n) is 20.0. The monoisotopic (exact) mass is 770 g/mol. The van der Waals surface area contributed by atoms with E-state index in [0.717, 1.165) is 81.5 Å². The van der Waals surface area contributed by atoms with Gasteiger partial charge in [0.1, 0.15) is 23.0 Å². The van der Waals surface area contributed by atoms with Crippen LogP contribution in [0.5, 0.6) is 23.0 Å². The van der Waals surface area contributed by atoms with Crippen LogP contribution in [-0.2, 0) is 12.0 Å². The van der Waals surface area contributed by atoms with Crippen LogP contribution in [0.3, 0.4) is 0 Å². The quantitative estimate of drug-likeness (QED) is 0.110. The van der Waals surface area contributed by atoms with Crippen molar-refractivity contribution in [3.05, 3.63) is 174 Å². The molecule has 0 bridgehead atoms. The van der Waals surface area contributed by atoms with Crippen LogP contribution in [0, 0.1) is 0 Å². The van der Waals surface area contributed by atoms with Gasteiger partial charge in [-0.3, -0.25) is 0 Å². The highest BCUT2D eigenvalue weighted by Gasteiger charge is 2.20. The minimum atomic E-state index is 0.0123. The van der Waals surface area contributed by atoms with Crippen LogP contribution >= 0.6 is 0 Å². The number of methoxy groups -OCH3 is 4. The Morgan fingerprint density at radius 2 is 0.897 bits per heavy atom. The highest BCUT2D eigenvalue weighted by Crippen LogP contribution is 2.38. The molecule has 6 aromatic carbocycles. The summed E-state index contributed by atoms with van der Waals surface area (Å²) in [6.45, 7) is 10.1. The zero-order chi connectivity index (χ0) is 40.8. The van der Waals surface area contributed by atoms with Crippen LogP contribution in [0.4, 0.5) is 5.69 Å². The minimum absolute atomic E-state index is 0.0123. The van der Waals surface area contributed by atoms with Crippen molar-refractivity contribution in [2.45, 2.75) is 52.5 Å². The van der Waals surface area contributed by atoms with E-state index in [2.05, 4.69) is 134 Å². The molecule has 1 heterocycles. The van der Waals surface area contributed by atoms with Crippen molar-refractivity contribution in [3.8, 4) is 23.0 Å². The van der Waals surface area contributed by atoms with Gasteiger partial charge in [-0.2, -0.15) is 0 Å². The molecule has 7 aromatic rings. The number of rotatable bonds is 14. The third kappa shape index (κ3) is 8.47. The molecule has 0 atom stereocenters. The first-order valence-corrected chi connectivity index (χ1v) is 20.0. The average Bonchev–Trinajstić information content (AvgIpc) is 3.57. The van der Waals surface area contributed by atoms with Crippen molar-refractivity contribution in [2.24, 2.45) is 0 Å². The Bertz CT molecular complexity index is 2330. The summed E-state index contributed by atoms with van der Waals surface area (Å²) in [5, 5.41) is 2.50. The lowest BCUT2D eigenvalue weighted by Gasteiger charge is -2.23. The molecular weight excluding hydrogens is 717 g/mol.